The van der Waals surface area contributed by atoms with Gasteiger partial charge in [-0.3, -0.25) is 4.79 Å². The molecule has 0 atom stereocenters. The molecule has 0 saturated heterocycles. The van der Waals surface area contributed by atoms with E-state index in [4.69, 9.17) is 11.6 Å². The Morgan fingerprint density at radius 3 is 2.90 bits per heavy atom. The number of carbonyl (C=O) groups excluding carboxylic acids is 1. The van der Waals surface area contributed by atoms with Gasteiger partial charge in [-0.15, -0.1) is 11.3 Å². The van der Waals surface area contributed by atoms with Gasteiger partial charge in [0.05, 0.1) is 12.2 Å². The Kier molecular flexibility index (Phi) is 5.38. The molecule has 0 aliphatic rings. The lowest BCUT2D eigenvalue weighted by Crippen LogP contribution is -2.31. The van der Waals surface area contributed by atoms with Crippen LogP contribution in [0.4, 0.5) is 10.1 Å². The quantitative estimate of drug-likeness (QED) is 0.859. The summed E-state index contributed by atoms with van der Waals surface area (Å²) >= 11 is 7.31. The maximum Gasteiger partial charge on any atom is 0.239 e. The summed E-state index contributed by atoms with van der Waals surface area (Å²) in [6.07, 6.45) is 0.804. The largest absolute Gasteiger partial charge is 0.374 e. The van der Waals surface area contributed by atoms with Crippen LogP contribution in [0.2, 0.25) is 5.02 Å². The van der Waals surface area contributed by atoms with Crippen LogP contribution in [0.25, 0.3) is 0 Å². The molecule has 0 fully saturated rings. The lowest BCUT2D eigenvalue weighted by atomic mass is 10.3. The number of hydrogen-bond acceptors (Lipinski definition) is 3. The SMILES string of the molecule is O=C(CNc1ccc(Cl)cc1F)NCCc1cccs1. The van der Waals surface area contributed by atoms with E-state index in [1.165, 1.54) is 17.0 Å². The molecule has 1 amide bonds. The molecule has 106 valence electrons. The summed E-state index contributed by atoms with van der Waals surface area (Å²) in [6, 6.07) is 8.29. The van der Waals surface area contributed by atoms with Crippen LogP contribution in [0, 0.1) is 5.82 Å². The van der Waals surface area contributed by atoms with Crippen molar-refractivity contribution in [1.82, 2.24) is 5.32 Å². The predicted molar refractivity (Wildman–Crippen MR) is 80.9 cm³/mol. The summed E-state index contributed by atoms with van der Waals surface area (Å²) < 4.78 is 13.5. The van der Waals surface area contributed by atoms with E-state index in [9.17, 15) is 9.18 Å². The first-order valence-corrected chi connectivity index (χ1v) is 7.39. The van der Waals surface area contributed by atoms with E-state index in [-0.39, 0.29) is 18.1 Å². The van der Waals surface area contributed by atoms with Gasteiger partial charge in [0.1, 0.15) is 5.82 Å². The van der Waals surface area contributed by atoms with Crippen molar-refractivity contribution in [2.75, 3.05) is 18.4 Å². The smallest absolute Gasteiger partial charge is 0.239 e. The first-order valence-electron chi connectivity index (χ1n) is 6.13. The molecule has 2 rings (SSSR count). The molecule has 0 bridgehead atoms. The number of amides is 1. The predicted octanol–water partition coefficient (Wildman–Crippen LogP) is 3.31. The average Bonchev–Trinajstić information content (AvgIpc) is 2.91. The van der Waals surface area contributed by atoms with Gasteiger partial charge >= 0.3 is 0 Å². The number of nitrogens with one attached hydrogen (secondary N) is 2. The summed E-state index contributed by atoms with van der Waals surface area (Å²) in [6.45, 7) is 0.604. The second-order valence-corrected chi connectivity index (χ2v) is 5.63. The minimum absolute atomic E-state index is 0.0307. The van der Waals surface area contributed by atoms with Crippen LogP contribution in [-0.4, -0.2) is 19.0 Å². The molecular weight excluding hydrogens is 299 g/mol. The van der Waals surface area contributed by atoms with Gasteiger partial charge in [0, 0.05) is 16.4 Å². The molecule has 6 heteroatoms. The van der Waals surface area contributed by atoms with Gasteiger partial charge in [0.2, 0.25) is 5.91 Å². The Hall–Kier alpha value is -1.59. The topological polar surface area (TPSA) is 41.1 Å². The fourth-order valence-corrected chi connectivity index (χ4v) is 2.52. The highest BCUT2D eigenvalue weighted by atomic mass is 35.5. The molecular formula is C14H14ClFN2OS. The third kappa shape index (κ3) is 4.51. The van der Waals surface area contributed by atoms with Crippen LogP contribution in [0.5, 0.6) is 0 Å². The molecule has 3 nitrogen and oxygen atoms in total. The zero-order chi connectivity index (χ0) is 14.4. The van der Waals surface area contributed by atoms with E-state index in [1.807, 2.05) is 17.5 Å². The van der Waals surface area contributed by atoms with Crippen molar-refractivity contribution in [2.45, 2.75) is 6.42 Å². The highest BCUT2D eigenvalue weighted by Crippen LogP contribution is 2.18. The van der Waals surface area contributed by atoms with E-state index in [0.29, 0.717) is 11.6 Å². The fourth-order valence-electron chi connectivity index (χ4n) is 1.65. The molecule has 1 aromatic heterocycles. The van der Waals surface area contributed by atoms with Crippen LogP contribution >= 0.6 is 22.9 Å². The van der Waals surface area contributed by atoms with E-state index in [1.54, 1.807) is 17.4 Å². The van der Waals surface area contributed by atoms with Crippen molar-refractivity contribution < 1.29 is 9.18 Å². The minimum atomic E-state index is -0.469. The Bertz CT molecular complexity index is 575. The second-order valence-electron chi connectivity index (χ2n) is 4.16. The van der Waals surface area contributed by atoms with E-state index in [2.05, 4.69) is 10.6 Å². The Balaban J connectivity index is 1.72. The zero-order valence-electron chi connectivity index (χ0n) is 10.7. The molecule has 2 aromatic rings. The zero-order valence-corrected chi connectivity index (χ0v) is 12.2. The molecule has 1 heterocycles. The van der Waals surface area contributed by atoms with Crippen molar-refractivity contribution >= 4 is 34.5 Å². The number of halogens is 2. The van der Waals surface area contributed by atoms with Crippen LogP contribution in [-0.2, 0) is 11.2 Å². The van der Waals surface area contributed by atoms with Gasteiger partial charge in [0.15, 0.2) is 0 Å². The molecule has 0 saturated carbocycles. The minimum Gasteiger partial charge on any atom is -0.374 e. The maximum absolute atomic E-state index is 13.5. The number of hydrogen-bond donors (Lipinski definition) is 2. The normalized spacial score (nSPS) is 10.3. The van der Waals surface area contributed by atoms with E-state index in [0.717, 1.165) is 6.42 Å². The number of carbonyl (C=O) groups is 1. The van der Waals surface area contributed by atoms with Crippen LogP contribution in [0.1, 0.15) is 4.88 Å². The van der Waals surface area contributed by atoms with Gasteiger partial charge in [-0.1, -0.05) is 17.7 Å². The molecule has 0 aliphatic heterocycles. The van der Waals surface area contributed by atoms with Crippen molar-refractivity contribution in [1.29, 1.82) is 0 Å². The van der Waals surface area contributed by atoms with Gasteiger partial charge in [-0.25, -0.2) is 4.39 Å². The Morgan fingerprint density at radius 2 is 2.20 bits per heavy atom. The molecule has 2 N–H and O–H groups in total. The van der Waals surface area contributed by atoms with Gasteiger partial charge in [-0.05, 0) is 36.1 Å². The van der Waals surface area contributed by atoms with Crippen molar-refractivity contribution in [3.63, 3.8) is 0 Å². The summed E-state index contributed by atoms with van der Waals surface area (Å²) in [4.78, 5) is 12.8. The van der Waals surface area contributed by atoms with Crippen molar-refractivity contribution in [3.8, 4) is 0 Å². The van der Waals surface area contributed by atoms with Gasteiger partial charge in [-0.2, -0.15) is 0 Å². The van der Waals surface area contributed by atoms with E-state index >= 15 is 0 Å². The van der Waals surface area contributed by atoms with Crippen molar-refractivity contribution in [2.24, 2.45) is 0 Å². The summed E-state index contributed by atoms with van der Waals surface area (Å²) in [5, 5.41) is 7.85. The third-order valence-electron chi connectivity index (χ3n) is 2.64. The maximum atomic E-state index is 13.5. The first-order chi connectivity index (χ1) is 9.65. The standard InChI is InChI=1S/C14H14ClFN2OS/c15-10-3-4-13(12(16)8-10)18-9-14(19)17-6-5-11-2-1-7-20-11/h1-4,7-8,18H,5-6,9H2,(H,17,19). The third-order valence-corrected chi connectivity index (χ3v) is 3.82. The number of thiophene rings is 1. The Labute approximate surface area is 125 Å². The molecule has 1 aromatic carbocycles. The molecule has 0 aliphatic carbocycles. The van der Waals surface area contributed by atoms with Gasteiger partial charge in [0.25, 0.3) is 0 Å². The lowest BCUT2D eigenvalue weighted by molar-refractivity contribution is -0.119. The number of anilines is 1. The van der Waals surface area contributed by atoms with Crippen LogP contribution in [0.3, 0.4) is 0 Å². The first kappa shape index (κ1) is 14.8. The van der Waals surface area contributed by atoms with Crippen molar-refractivity contribution in [3.05, 3.63) is 51.4 Å². The van der Waals surface area contributed by atoms with Crippen LogP contribution < -0.4 is 10.6 Å². The molecule has 20 heavy (non-hydrogen) atoms. The number of rotatable bonds is 6. The Morgan fingerprint density at radius 1 is 1.35 bits per heavy atom. The van der Waals surface area contributed by atoms with Crippen LogP contribution in [0.15, 0.2) is 35.7 Å². The highest BCUT2D eigenvalue weighted by molar-refractivity contribution is 7.09. The molecule has 0 radical (unpaired) electrons. The summed E-state index contributed by atoms with van der Waals surface area (Å²) in [5.74, 6) is -0.639. The monoisotopic (exact) mass is 312 g/mol. The lowest BCUT2D eigenvalue weighted by Gasteiger charge is -2.08. The summed E-state index contributed by atoms with van der Waals surface area (Å²) in [5.41, 5.74) is 0.266. The number of benzene rings is 1. The summed E-state index contributed by atoms with van der Waals surface area (Å²) in [7, 11) is 0. The fraction of sp³-hybridized carbons (Fsp3) is 0.214. The average molecular weight is 313 g/mol. The molecule has 0 unspecified atom stereocenters. The van der Waals surface area contributed by atoms with E-state index < -0.39 is 5.82 Å². The second kappa shape index (κ2) is 7.26. The van der Waals surface area contributed by atoms with Gasteiger partial charge < -0.3 is 10.6 Å². The molecule has 0 spiro atoms. The highest BCUT2D eigenvalue weighted by Gasteiger charge is 2.05.